The zero-order chi connectivity index (χ0) is 15.0. The van der Waals surface area contributed by atoms with E-state index in [2.05, 4.69) is 24.1 Å². The Balaban J connectivity index is 2.62. The van der Waals surface area contributed by atoms with Crippen LogP contribution in [-0.4, -0.2) is 29.1 Å². The number of carboxylic acid groups (broad SMARTS) is 1. The average Bonchev–Trinajstić information content (AvgIpc) is 2.77. The summed E-state index contributed by atoms with van der Waals surface area (Å²) in [6.07, 6.45) is 5.61. The molecule has 0 radical (unpaired) electrons. The molecule has 1 rings (SSSR count). The van der Waals surface area contributed by atoms with Gasteiger partial charge in [0, 0.05) is 6.42 Å². The van der Waals surface area contributed by atoms with Gasteiger partial charge in [0.05, 0.1) is 10.7 Å². The summed E-state index contributed by atoms with van der Waals surface area (Å²) in [5.74, 6) is -0.311. The summed E-state index contributed by atoms with van der Waals surface area (Å²) >= 11 is 1.33. The van der Waals surface area contributed by atoms with Gasteiger partial charge in [0.25, 0.3) is 0 Å². The molecule has 1 atom stereocenters. The molecule has 0 aliphatic heterocycles. The quantitative estimate of drug-likeness (QED) is 0.649. The summed E-state index contributed by atoms with van der Waals surface area (Å²) in [5.41, 5.74) is 0.647. The van der Waals surface area contributed by atoms with Crippen molar-refractivity contribution in [1.29, 1.82) is 0 Å². The van der Waals surface area contributed by atoms with Gasteiger partial charge in [0.2, 0.25) is 0 Å². The number of aromatic carboxylic acids is 1. The Kier molecular flexibility index (Phi) is 7.77. The van der Waals surface area contributed by atoms with Gasteiger partial charge in [-0.25, -0.2) is 9.78 Å². The zero-order valence-electron chi connectivity index (χ0n) is 12.7. The zero-order valence-corrected chi connectivity index (χ0v) is 13.6. The van der Waals surface area contributed by atoms with E-state index >= 15 is 0 Å². The molecule has 0 saturated heterocycles. The van der Waals surface area contributed by atoms with Crippen molar-refractivity contribution in [2.75, 3.05) is 13.1 Å². The smallest absolute Gasteiger partial charge is 0.347 e. The van der Waals surface area contributed by atoms with E-state index in [1.807, 2.05) is 0 Å². The standard InChI is InChI=1S/C15H26N2O2S/c1-4-6-7-12(10-16-8-5-2)9-13-17-11(3)14(20-13)15(18)19/h12,16H,4-10H2,1-3H3,(H,18,19). The highest BCUT2D eigenvalue weighted by atomic mass is 32.1. The Labute approximate surface area is 125 Å². The molecule has 0 bridgehead atoms. The molecule has 1 unspecified atom stereocenters. The highest BCUT2D eigenvalue weighted by Gasteiger charge is 2.17. The van der Waals surface area contributed by atoms with E-state index < -0.39 is 5.97 Å². The molecule has 5 heteroatoms. The summed E-state index contributed by atoms with van der Waals surface area (Å²) in [5, 5.41) is 13.5. The maximum atomic E-state index is 11.1. The van der Waals surface area contributed by atoms with Crippen molar-refractivity contribution in [3.05, 3.63) is 15.6 Å². The van der Waals surface area contributed by atoms with Gasteiger partial charge in [-0.05, 0) is 38.8 Å². The summed E-state index contributed by atoms with van der Waals surface area (Å²) < 4.78 is 0. The second kappa shape index (κ2) is 9.08. The Hall–Kier alpha value is -0.940. The minimum Gasteiger partial charge on any atom is -0.477 e. The molecule has 0 aliphatic rings. The van der Waals surface area contributed by atoms with Crippen LogP contribution in [0.4, 0.5) is 0 Å². The van der Waals surface area contributed by atoms with E-state index in [-0.39, 0.29) is 0 Å². The molecular formula is C15H26N2O2S. The average molecular weight is 298 g/mol. The van der Waals surface area contributed by atoms with Gasteiger partial charge in [-0.3, -0.25) is 0 Å². The summed E-state index contributed by atoms with van der Waals surface area (Å²) in [6, 6.07) is 0. The molecular weight excluding hydrogens is 272 g/mol. The Morgan fingerprint density at radius 2 is 2.15 bits per heavy atom. The summed E-state index contributed by atoms with van der Waals surface area (Å²) in [4.78, 5) is 15.9. The maximum absolute atomic E-state index is 11.1. The number of thiazole rings is 1. The number of aryl methyl sites for hydroxylation is 1. The predicted molar refractivity (Wildman–Crippen MR) is 83.7 cm³/mol. The topological polar surface area (TPSA) is 62.2 Å². The third kappa shape index (κ3) is 5.59. The molecule has 4 nitrogen and oxygen atoms in total. The second-order valence-electron chi connectivity index (χ2n) is 5.24. The lowest BCUT2D eigenvalue weighted by Crippen LogP contribution is -2.25. The minimum atomic E-state index is -0.861. The van der Waals surface area contributed by atoms with Crippen LogP contribution in [0.3, 0.4) is 0 Å². The van der Waals surface area contributed by atoms with Gasteiger partial charge in [-0.1, -0.05) is 26.7 Å². The van der Waals surface area contributed by atoms with Crippen molar-refractivity contribution >= 4 is 17.3 Å². The van der Waals surface area contributed by atoms with Crippen LogP contribution in [0.1, 0.15) is 59.9 Å². The van der Waals surface area contributed by atoms with Crippen LogP contribution in [0.2, 0.25) is 0 Å². The lowest BCUT2D eigenvalue weighted by atomic mass is 9.98. The van der Waals surface area contributed by atoms with E-state index in [0.717, 1.165) is 30.9 Å². The highest BCUT2D eigenvalue weighted by molar-refractivity contribution is 7.13. The fourth-order valence-electron chi connectivity index (χ4n) is 2.24. The lowest BCUT2D eigenvalue weighted by Gasteiger charge is -2.16. The van der Waals surface area contributed by atoms with Crippen molar-refractivity contribution in [3.63, 3.8) is 0 Å². The van der Waals surface area contributed by atoms with Crippen LogP contribution in [0.25, 0.3) is 0 Å². The first-order valence-corrected chi connectivity index (χ1v) is 8.30. The number of carboxylic acids is 1. The maximum Gasteiger partial charge on any atom is 0.347 e. The van der Waals surface area contributed by atoms with Crippen LogP contribution < -0.4 is 5.32 Å². The van der Waals surface area contributed by atoms with Crippen LogP contribution in [0.15, 0.2) is 0 Å². The Morgan fingerprint density at radius 1 is 1.40 bits per heavy atom. The third-order valence-electron chi connectivity index (χ3n) is 3.32. The van der Waals surface area contributed by atoms with Crippen molar-refractivity contribution in [3.8, 4) is 0 Å². The Morgan fingerprint density at radius 3 is 2.70 bits per heavy atom. The Bertz CT molecular complexity index is 418. The number of rotatable bonds is 10. The number of carbonyl (C=O) groups is 1. The van der Waals surface area contributed by atoms with Crippen molar-refractivity contribution in [1.82, 2.24) is 10.3 Å². The van der Waals surface area contributed by atoms with Crippen molar-refractivity contribution in [2.24, 2.45) is 5.92 Å². The number of aromatic nitrogens is 1. The summed E-state index contributed by atoms with van der Waals surface area (Å²) in [7, 11) is 0. The third-order valence-corrected chi connectivity index (χ3v) is 4.49. The van der Waals surface area contributed by atoms with Gasteiger partial charge in [0.1, 0.15) is 4.88 Å². The first-order chi connectivity index (χ1) is 9.58. The molecule has 0 amide bonds. The van der Waals surface area contributed by atoms with E-state index in [1.54, 1.807) is 6.92 Å². The monoisotopic (exact) mass is 298 g/mol. The van der Waals surface area contributed by atoms with Gasteiger partial charge < -0.3 is 10.4 Å². The second-order valence-corrected chi connectivity index (χ2v) is 6.33. The van der Waals surface area contributed by atoms with Gasteiger partial charge in [-0.15, -0.1) is 11.3 Å². The van der Waals surface area contributed by atoms with E-state index in [9.17, 15) is 4.79 Å². The first kappa shape index (κ1) is 17.1. The van der Waals surface area contributed by atoms with Crippen molar-refractivity contribution < 1.29 is 9.90 Å². The largest absolute Gasteiger partial charge is 0.477 e. The fraction of sp³-hybridized carbons (Fsp3) is 0.733. The molecule has 114 valence electrons. The van der Waals surface area contributed by atoms with Crippen LogP contribution in [0.5, 0.6) is 0 Å². The fourth-order valence-corrected chi connectivity index (χ4v) is 3.25. The SMILES string of the molecule is CCCCC(CNCCC)Cc1nc(C)c(C(=O)O)s1. The molecule has 0 spiro atoms. The van der Waals surface area contributed by atoms with Crippen molar-refractivity contribution in [2.45, 2.75) is 52.9 Å². The molecule has 0 aliphatic carbocycles. The molecule has 1 aromatic heterocycles. The number of hydrogen-bond donors (Lipinski definition) is 2. The lowest BCUT2D eigenvalue weighted by molar-refractivity contribution is 0.0701. The van der Waals surface area contributed by atoms with Gasteiger partial charge in [-0.2, -0.15) is 0 Å². The first-order valence-electron chi connectivity index (χ1n) is 7.48. The van der Waals surface area contributed by atoms with E-state index in [4.69, 9.17) is 5.11 Å². The predicted octanol–water partition coefficient (Wildman–Crippen LogP) is 3.50. The van der Waals surface area contributed by atoms with Crippen LogP contribution in [0, 0.1) is 12.8 Å². The normalized spacial score (nSPS) is 12.6. The molecule has 2 N–H and O–H groups in total. The van der Waals surface area contributed by atoms with Gasteiger partial charge >= 0.3 is 5.97 Å². The number of hydrogen-bond acceptors (Lipinski definition) is 4. The molecule has 0 aromatic carbocycles. The van der Waals surface area contributed by atoms with E-state index in [0.29, 0.717) is 16.5 Å². The molecule has 20 heavy (non-hydrogen) atoms. The molecule has 0 fully saturated rings. The highest BCUT2D eigenvalue weighted by Crippen LogP contribution is 2.22. The summed E-state index contributed by atoms with van der Waals surface area (Å²) in [6.45, 7) is 8.18. The van der Waals surface area contributed by atoms with E-state index in [1.165, 1.54) is 30.6 Å². The van der Waals surface area contributed by atoms with Crippen LogP contribution >= 0.6 is 11.3 Å². The minimum absolute atomic E-state index is 0.385. The number of unbranched alkanes of at least 4 members (excludes halogenated alkanes) is 1. The molecule has 1 aromatic rings. The van der Waals surface area contributed by atoms with Crippen LogP contribution in [-0.2, 0) is 6.42 Å². The van der Waals surface area contributed by atoms with Gasteiger partial charge in [0.15, 0.2) is 0 Å². The number of nitrogens with zero attached hydrogens (tertiary/aromatic N) is 1. The number of nitrogens with one attached hydrogen (secondary N) is 1. The molecule has 0 saturated carbocycles. The molecule has 1 heterocycles.